The average molecular weight is 461 g/mol. The number of piperidine rings is 1. The average Bonchev–Trinajstić information content (AvgIpc) is 3.14. The van der Waals surface area contributed by atoms with Gasteiger partial charge in [-0.3, -0.25) is 9.69 Å². The van der Waals surface area contributed by atoms with Crippen LogP contribution in [0.25, 0.3) is 0 Å². The van der Waals surface area contributed by atoms with Gasteiger partial charge in [-0.2, -0.15) is 0 Å². The van der Waals surface area contributed by atoms with Gasteiger partial charge in [0.05, 0.1) is 12.2 Å². The van der Waals surface area contributed by atoms with Crippen LogP contribution in [0, 0.1) is 5.92 Å². The van der Waals surface area contributed by atoms with E-state index in [9.17, 15) is 9.59 Å². The number of nitrogens with zero attached hydrogens (tertiary/aromatic N) is 1. The number of likely N-dealkylation sites (tertiary alicyclic amines) is 1. The number of carbonyl (C=O) groups excluding carboxylic acids is 2. The van der Waals surface area contributed by atoms with E-state index < -0.39 is 0 Å². The molecule has 0 atom stereocenters. The number of halogens is 1. The highest BCUT2D eigenvalue weighted by Crippen LogP contribution is 2.39. The number of aryl methyl sites for hydroxylation is 1. The molecule has 4 rings (SSSR count). The van der Waals surface area contributed by atoms with Crippen LogP contribution in [0.2, 0.25) is 5.02 Å². The molecule has 0 bridgehead atoms. The summed E-state index contributed by atoms with van der Waals surface area (Å²) in [7, 11) is 0. The molecule has 2 heterocycles. The van der Waals surface area contributed by atoms with Crippen LogP contribution in [-0.2, 0) is 28.9 Å². The number of ether oxygens (including phenoxy) is 1. The van der Waals surface area contributed by atoms with Crippen LogP contribution in [0.3, 0.4) is 0 Å². The summed E-state index contributed by atoms with van der Waals surface area (Å²) in [5.74, 6) is -0.343. The molecule has 31 heavy (non-hydrogen) atoms. The molecule has 1 aromatic carbocycles. The summed E-state index contributed by atoms with van der Waals surface area (Å²) in [6.07, 6.45) is 5.67. The Balaban J connectivity index is 1.40. The monoisotopic (exact) mass is 460 g/mol. The molecular formula is C24H29ClN2O3S. The molecule has 0 spiro atoms. The molecular weight excluding hydrogens is 432 g/mol. The van der Waals surface area contributed by atoms with Gasteiger partial charge in [-0.15, -0.1) is 11.3 Å². The lowest BCUT2D eigenvalue weighted by Crippen LogP contribution is -2.37. The zero-order chi connectivity index (χ0) is 21.8. The number of benzene rings is 1. The first-order valence-electron chi connectivity index (χ1n) is 11.1. The molecule has 1 saturated heterocycles. The molecule has 1 N–H and O–H groups in total. The Morgan fingerprint density at radius 2 is 1.94 bits per heavy atom. The number of rotatable bonds is 6. The number of anilines is 1. The normalized spacial score (nSPS) is 17.2. The molecule has 2 aromatic rings. The van der Waals surface area contributed by atoms with Crippen LogP contribution < -0.4 is 5.32 Å². The predicted molar refractivity (Wildman–Crippen MR) is 125 cm³/mol. The summed E-state index contributed by atoms with van der Waals surface area (Å²) in [6.45, 7) is 4.66. The summed E-state index contributed by atoms with van der Waals surface area (Å²) in [5.41, 5.74) is 2.79. The number of esters is 1. The number of hydrogen-bond acceptors (Lipinski definition) is 5. The van der Waals surface area contributed by atoms with E-state index in [1.165, 1.54) is 4.88 Å². The number of nitrogens with one attached hydrogen (secondary N) is 1. The maximum atomic E-state index is 13.0. The molecule has 1 amide bonds. The maximum Gasteiger partial charge on any atom is 0.341 e. The van der Waals surface area contributed by atoms with Crippen LogP contribution in [0.15, 0.2) is 24.3 Å². The highest BCUT2D eigenvalue weighted by Gasteiger charge is 2.30. The lowest BCUT2D eigenvalue weighted by Gasteiger charge is -2.31. The molecule has 0 saturated carbocycles. The lowest BCUT2D eigenvalue weighted by atomic mass is 9.94. The fourth-order valence-corrected chi connectivity index (χ4v) is 5.98. The Morgan fingerprint density at radius 3 is 2.68 bits per heavy atom. The third kappa shape index (κ3) is 5.13. The molecule has 1 aliphatic carbocycles. The Bertz CT molecular complexity index is 950. The van der Waals surface area contributed by atoms with Crippen molar-refractivity contribution in [1.82, 2.24) is 4.90 Å². The van der Waals surface area contributed by atoms with Gasteiger partial charge in [0, 0.05) is 22.4 Å². The highest BCUT2D eigenvalue weighted by atomic mass is 35.5. The van der Waals surface area contributed by atoms with E-state index in [0.717, 1.165) is 74.3 Å². The van der Waals surface area contributed by atoms with Gasteiger partial charge in [0.15, 0.2) is 0 Å². The first-order chi connectivity index (χ1) is 15.1. The largest absolute Gasteiger partial charge is 0.462 e. The first-order valence-corrected chi connectivity index (χ1v) is 12.3. The summed E-state index contributed by atoms with van der Waals surface area (Å²) < 4.78 is 5.30. The number of hydrogen-bond donors (Lipinski definition) is 1. The Kier molecular flexibility index (Phi) is 7.31. The molecule has 0 radical (unpaired) electrons. The van der Waals surface area contributed by atoms with Crippen molar-refractivity contribution in [3.8, 4) is 0 Å². The number of amides is 1. The minimum absolute atomic E-state index is 0.0153. The fraction of sp³-hybridized carbons (Fsp3) is 0.500. The zero-order valence-electron chi connectivity index (χ0n) is 17.9. The van der Waals surface area contributed by atoms with Gasteiger partial charge in [0.2, 0.25) is 5.91 Å². The molecule has 0 unspecified atom stereocenters. The Hall–Kier alpha value is -1.89. The van der Waals surface area contributed by atoms with E-state index in [-0.39, 0.29) is 17.8 Å². The van der Waals surface area contributed by atoms with Gasteiger partial charge in [0.25, 0.3) is 0 Å². The van der Waals surface area contributed by atoms with Gasteiger partial charge >= 0.3 is 5.97 Å². The zero-order valence-corrected chi connectivity index (χ0v) is 19.5. The highest BCUT2D eigenvalue weighted by molar-refractivity contribution is 7.17. The number of carbonyl (C=O) groups is 2. The minimum Gasteiger partial charge on any atom is -0.462 e. The van der Waals surface area contributed by atoms with Gasteiger partial charge in [-0.05, 0) is 75.7 Å². The van der Waals surface area contributed by atoms with Crippen LogP contribution in [0.5, 0.6) is 0 Å². The quantitative estimate of drug-likeness (QED) is 0.593. The minimum atomic E-state index is -0.313. The summed E-state index contributed by atoms with van der Waals surface area (Å²) >= 11 is 7.85. The van der Waals surface area contributed by atoms with Crippen LogP contribution in [0.1, 0.15) is 59.0 Å². The van der Waals surface area contributed by atoms with Crippen molar-refractivity contribution < 1.29 is 14.3 Å². The van der Waals surface area contributed by atoms with Crippen LogP contribution >= 0.6 is 22.9 Å². The van der Waals surface area contributed by atoms with E-state index in [0.29, 0.717) is 17.2 Å². The van der Waals surface area contributed by atoms with Crippen molar-refractivity contribution in [2.75, 3.05) is 25.0 Å². The molecule has 2 aliphatic rings. The lowest BCUT2D eigenvalue weighted by molar-refractivity contribution is -0.121. The molecule has 5 nitrogen and oxygen atoms in total. The van der Waals surface area contributed by atoms with E-state index in [4.69, 9.17) is 16.3 Å². The first kappa shape index (κ1) is 22.3. The van der Waals surface area contributed by atoms with Gasteiger partial charge < -0.3 is 10.1 Å². The van der Waals surface area contributed by atoms with E-state index in [1.807, 2.05) is 25.1 Å². The number of thiophene rings is 1. The van der Waals surface area contributed by atoms with E-state index in [1.54, 1.807) is 11.3 Å². The third-order valence-corrected chi connectivity index (χ3v) is 7.77. The second-order valence-corrected chi connectivity index (χ2v) is 9.78. The maximum absolute atomic E-state index is 13.0. The Morgan fingerprint density at radius 1 is 1.19 bits per heavy atom. The van der Waals surface area contributed by atoms with E-state index in [2.05, 4.69) is 16.3 Å². The third-order valence-electron chi connectivity index (χ3n) is 6.20. The van der Waals surface area contributed by atoms with E-state index >= 15 is 0 Å². The SMILES string of the molecule is CCOC(=O)c1c(NC(=O)C2CCN(Cc3ccccc3Cl)CC2)sc2c1CCCC2. The topological polar surface area (TPSA) is 58.6 Å². The van der Waals surface area contributed by atoms with Crippen molar-refractivity contribution in [1.29, 1.82) is 0 Å². The molecule has 7 heteroatoms. The predicted octanol–water partition coefficient (Wildman–Crippen LogP) is 5.31. The van der Waals surface area contributed by atoms with Crippen molar-refractivity contribution in [2.24, 2.45) is 5.92 Å². The van der Waals surface area contributed by atoms with Crippen molar-refractivity contribution in [3.05, 3.63) is 50.9 Å². The second kappa shape index (κ2) is 10.2. The Labute approximate surface area is 192 Å². The summed E-state index contributed by atoms with van der Waals surface area (Å²) in [6, 6.07) is 7.91. The molecule has 1 fully saturated rings. The summed E-state index contributed by atoms with van der Waals surface area (Å²) in [4.78, 5) is 29.2. The van der Waals surface area contributed by atoms with Gasteiger partial charge in [-0.1, -0.05) is 29.8 Å². The molecule has 1 aromatic heterocycles. The van der Waals surface area contributed by atoms with Crippen LogP contribution in [-0.4, -0.2) is 36.5 Å². The van der Waals surface area contributed by atoms with Crippen molar-refractivity contribution in [3.63, 3.8) is 0 Å². The molecule has 166 valence electrons. The van der Waals surface area contributed by atoms with Crippen LogP contribution in [0.4, 0.5) is 5.00 Å². The van der Waals surface area contributed by atoms with Crippen molar-refractivity contribution >= 4 is 39.8 Å². The molecule has 1 aliphatic heterocycles. The van der Waals surface area contributed by atoms with Crippen molar-refractivity contribution in [2.45, 2.75) is 52.0 Å². The summed E-state index contributed by atoms with van der Waals surface area (Å²) in [5, 5.41) is 4.55. The van der Waals surface area contributed by atoms with Gasteiger partial charge in [0.1, 0.15) is 5.00 Å². The smallest absolute Gasteiger partial charge is 0.341 e. The fourth-order valence-electron chi connectivity index (χ4n) is 4.51. The number of fused-ring (bicyclic) bond motifs is 1. The van der Waals surface area contributed by atoms with Gasteiger partial charge in [-0.25, -0.2) is 4.79 Å². The standard InChI is InChI=1S/C24H29ClN2O3S/c1-2-30-24(29)21-18-8-4-6-10-20(18)31-23(21)26-22(28)16-11-13-27(14-12-16)15-17-7-3-5-9-19(17)25/h3,5,7,9,16H,2,4,6,8,10-15H2,1H3,(H,26,28). The second-order valence-electron chi connectivity index (χ2n) is 8.27.